The molecule has 2 aromatic rings. The molecular formula is C12H12N2S. The number of nitrogens with one attached hydrogen (secondary N) is 1. The summed E-state index contributed by atoms with van der Waals surface area (Å²) in [5, 5.41) is 0. The van der Waals surface area contributed by atoms with Crippen molar-refractivity contribution in [3.8, 4) is 11.3 Å². The van der Waals surface area contributed by atoms with E-state index in [0.717, 1.165) is 11.3 Å². The second-order valence-electron chi connectivity index (χ2n) is 3.53. The van der Waals surface area contributed by atoms with Crippen LogP contribution in [0.25, 0.3) is 11.3 Å². The Morgan fingerprint density at radius 2 is 2.00 bits per heavy atom. The van der Waals surface area contributed by atoms with Crippen molar-refractivity contribution in [2.24, 2.45) is 0 Å². The summed E-state index contributed by atoms with van der Waals surface area (Å²) >= 11 is 5.09. The molecule has 0 spiro atoms. The number of aromatic nitrogens is 1. The number of nitrogen functional groups attached to an aromatic ring is 1. The minimum atomic E-state index is 0.592. The van der Waals surface area contributed by atoms with Crippen LogP contribution in [0.3, 0.4) is 0 Å². The first-order valence-electron chi connectivity index (χ1n) is 4.72. The summed E-state index contributed by atoms with van der Waals surface area (Å²) in [5.74, 6) is 0. The zero-order chi connectivity index (χ0) is 10.8. The second kappa shape index (κ2) is 3.87. The Labute approximate surface area is 93.8 Å². The van der Waals surface area contributed by atoms with Crippen molar-refractivity contribution in [1.29, 1.82) is 0 Å². The van der Waals surface area contributed by atoms with Gasteiger partial charge in [0, 0.05) is 5.69 Å². The molecule has 0 amide bonds. The molecule has 15 heavy (non-hydrogen) atoms. The standard InChI is InChI=1S/C12H12N2S/c1-8-3-2-4-9(7-8)11-6-5-10(13)12(15)14-11/h2-7H,13H2,1H3,(H,14,15). The largest absolute Gasteiger partial charge is 0.396 e. The molecule has 3 heteroatoms. The maximum absolute atomic E-state index is 5.66. The highest BCUT2D eigenvalue weighted by atomic mass is 32.1. The summed E-state index contributed by atoms with van der Waals surface area (Å²) in [6.07, 6.45) is 0. The van der Waals surface area contributed by atoms with Crippen LogP contribution in [0, 0.1) is 11.6 Å². The number of H-pyrrole nitrogens is 1. The molecule has 0 unspecified atom stereocenters. The minimum absolute atomic E-state index is 0.592. The van der Waals surface area contributed by atoms with Gasteiger partial charge in [-0.3, -0.25) is 0 Å². The zero-order valence-corrected chi connectivity index (χ0v) is 9.27. The van der Waals surface area contributed by atoms with Crippen LogP contribution in [0.2, 0.25) is 0 Å². The minimum Gasteiger partial charge on any atom is -0.396 e. The molecule has 1 heterocycles. The smallest absolute Gasteiger partial charge is 0.126 e. The molecule has 0 saturated carbocycles. The van der Waals surface area contributed by atoms with Crippen LogP contribution in [0.1, 0.15) is 5.56 Å². The third kappa shape index (κ3) is 2.07. The number of rotatable bonds is 1. The third-order valence-electron chi connectivity index (χ3n) is 2.27. The van der Waals surface area contributed by atoms with Crippen molar-refractivity contribution in [3.05, 3.63) is 46.6 Å². The maximum atomic E-state index is 5.66. The number of aryl methyl sites for hydroxylation is 1. The van der Waals surface area contributed by atoms with Crippen LogP contribution in [0.5, 0.6) is 0 Å². The molecule has 3 N–H and O–H groups in total. The van der Waals surface area contributed by atoms with Crippen LogP contribution in [0.15, 0.2) is 36.4 Å². The third-order valence-corrected chi connectivity index (χ3v) is 2.61. The number of pyridine rings is 1. The monoisotopic (exact) mass is 216 g/mol. The number of hydrogen-bond acceptors (Lipinski definition) is 2. The lowest BCUT2D eigenvalue weighted by Crippen LogP contribution is -1.90. The van der Waals surface area contributed by atoms with Crippen LogP contribution < -0.4 is 5.73 Å². The molecule has 0 fully saturated rings. The normalized spacial score (nSPS) is 10.2. The predicted molar refractivity (Wildman–Crippen MR) is 66.2 cm³/mol. The van der Waals surface area contributed by atoms with Crippen molar-refractivity contribution < 1.29 is 0 Å². The average Bonchev–Trinajstić information content (AvgIpc) is 2.22. The first kappa shape index (κ1) is 9.93. The van der Waals surface area contributed by atoms with Crippen molar-refractivity contribution in [3.63, 3.8) is 0 Å². The van der Waals surface area contributed by atoms with E-state index in [2.05, 4.69) is 24.0 Å². The molecule has 0 bridgehead atoms. The molecule has 0 aliphatic carbocycles. The number of benzene rings is 1. The molecule has 1 aromatic carbocycles. The second-order valence-corrected chi connectivity index (χ2v) is 3.93. The van der Waals surface area contributed by atoms with Crippen LogP contribution in [-0.2, 0) is 0 Å². The molecule has 0 radical (unpaired) electrons. The van der Waals surface area contributed by atoms with Crippen LogP contribution in [-0.4, -0.2) is 4.98 Å². The molecule has 0 aliphatic rings. The molecule has 0 saturated heterocycles. The Morgan fingerprint density at radius 3 is 2.67 bits per heavy atom. The molecule has 1 aromatic heterocycles. The van der Waals surface area contributed by atoms with Crippen molar-refractivity contribution in [2.75, 3.05) is 5.73 Å². The topological polar surface area (TPSA) is 41.8 Å². The molecule has 2 rings (SSSR count). The predicted octanol–water partition coefficient (Wildman–Crippen LogP) is 3.30. The lowest BCUT2D eigenvalue weighted by atomic mass is 10.1. The van der Waals surface area contributed by atoms with Gasteiger partial charge in [0.05, 0.1) is 5.69 Å². The molecule has 2 nitrogen and oxygen atoms in total. The van der Waals surface area contributed by atoms with Gasteiger partial charge >= 0.3 is 0 Å². The zero-order valence-electron chi connectivity index (χ0n) is 8.45. The fourth-order valence-electron chi connectivity index (χ4n) is 1.47. The lowest BCUT2D eigenvalue weighted by molar-refractivity contribution is 1.30. The van der Waals surface area contributed by atoms with Gasteiger partial charge in [-0.25, -0.2) is 0 Å². The summed E-state index contributed by atoms with van der Waals surface area (Å²) in [6, 6.07) is 12.0. The first-order chi connectivity index (χ1) is 7.16. The fraction of sp³-hybridized carbons (Fsp3) is 0.0833. The summed E-state index contributed by atoms with van der Waals surface area (Å²) in [4.78, 5) is 3.11. The van der Waals surface area contributed by atoms with Gasteiger partial charge in [0.25, 0.3) is 0 Å². The summed E-state index contributed by atoms with van der Waals surface area (Å²) < 4.78 is 0.592. The van der Waals surface area contributed by atoms with E-state index in [1.807, 2.05) is 24.3 Å². The Bertz CT molecular complexity index is 543. The number of anilines is 1. The highest BCUT2D eigenvalue weighted by Gasteiger charge is 1.98. The van der Waals surface area contributed by atoms with E-state index in [9.17, 15) is 0 Å². The Hall–Kier alpha value is -1.61. The van der Waals surface area contributed by atoms with E-state index < -0.39 is 0 Å². The van der Waals surface area contributed by atoms with E-state index in [1.54, 1.807) is 0 Å². The van der Waals surface area contributed by atoms with Crippen LogP contribution in [0.4, 0.5) is 5.69 Å². The van der Waals surface area contributed by atoms with Gasteiger partial charge in [0.2, 0.25) is 0 Å². The van der Waals surface area contributed by atoms with Gasteiger partial charge in [-0.05, 0) is 30.7 Å². The van der Waals surface area contributed by atoms with Crippen molar-refractivity contribution >= 4 is 17.9 Å². The van der Waals surface area contributed by atoms with Gasteiger partial charge in [-0.2, -0.15) is 0 Å². The van der Waals surface area contributed by atoms with Crippen LogP contribution >= 0.6 is 12.2 Å². The van der Waals surface area contributed by atoms with Crippen molar-refractivity contribution in [1.82, 2.24) is 4.98 Å². The Morgan fingerprint density at radius 1 is 1.20 bits per heavy atom. The summed E-state index contributed by atoms with van der Waals surface area (Å²) in [7, 11) is 0. The van der Waals surface area contributed by atoms with Gasteiger partial charge in [-0.15, -0.1) is 0 Å². The summed E-state index contributed by atoms with van der Waals surface area (Å²) in [5.41, 5.74) is 9.62. The average molecular weight is 216 g/mol. The Kier molecular flexibility index (Phi) is 2.56. The lowest BCUT2D eigenvalue weighted by Gasteiger charge is -2.03. The highest BCUT2D eigenvalue weighted by molar-refractivity contribution is 7.71. The molecule has 76 valence electrons. The molecule has 0 atom stereocenters. The van der Waals surface area contributed by atoms with Gasteiger partial charge < -0.3 is 10.7 Å². The number of nitrogens with two attached hydrogens (primary N) is 1. The highest BCUT2D eigenvalue weighted by Crippen LogP contribution is 2.19. The van der Waals surface area contributed by atoms with E-state index in [-0.39, 0.29) is 0 Å². The van der Waals surface area contributed by atoms with E-state index >= 15 is 0 Å². The summed E-state index contributed by atoms with van der Waals surface area (Å²) in [6.45, 7) is 2.06. The van der Waals surface area contributed by atoms with E-state index in [4.69, 9.17) is 18.0 Å². The Balaban J connectivity index is 2.55. The van der Waals surface area contributed by atoms with E-state index in [1.165, 1.54) is 5.56 Å². The van der Waals surface area contributed by atoms with E-state index in [0.29, 0.717) is 10.3 Å². The van der Waals surface area contributed by atoms with Crippen molar-refractivity contribution in [2.45, 2.75) is 6.92 Å². The molecule has 0 aliphatic heterocycles. The van der Waals surface area contributed by atoms with Gasteiger partial charge in [0.1, 0.15) is 4.64 Å². The number of aromatic amines is 1. The quantitative estimate of drug-likeness (QED) is 0.718. The maximum Gasteiger partial charge on any atom is 0.126 e. The van der Waals surface area contributed by atoms with Gasteiger partial charge in [-0.1, -0.05) is 36.0 Å². The SMILES string of the molecule is Cc1cccc(-c2ccc(N)c(=S)[nH]2)c1. The number of hydrogen-bond donors (Lipinski definition) is 2. The molecular weight excluding hydrogens is 204 g/mol. The fourth-order valence-corrected chi connectivity index (χ4v) is 1.64. The van der Waals surface area contributed by atoms with Gasteiger partial charge in [0.15, 0.2) is 0 Å². The first-order valence-corrected chi connectivity index (χ1v) is 5.13.